The Balaban J connectivity index is 2.37. The summed E-state index contributed by atoms with van der Waals surface area (Å²) in [5, 5.41) is 10.7. The van der Waals surface area contributed by atoms with Crippen molar-refractivity contribution in [2.24, 2.45) is 0 Å². The SMILES string of the molecule is C[C@@H]1CN(S(=O)(=O)c2ccc([N+](=O)[O-])cc2N)C[C@H](C)O1. The van der Waals surface area contributed by atoms with Crippen molar-refractivity contribution in [3.8, 4) is 0 Å². The van der Waals surface area contributed by atoms with Crippen LogP contribution < -0.4 is 5.73 Å². The lowest BCUT2D eigenvalue weighted by Crippen LogP contribution is -2.48. The van der Waals surface area contributed by atoms with Crippen LogP contribution in [0, 0.1) is 10.1 Å². The Kier molecular flexibility index (Phi) is 4.17. The number of hydrogen-bond acceptors (Lipinski definition) is 6. The number of nitro benzene ring substituents is 1. The first kappa shape index (κ1) is 15.7. The largest absolute Gasteiger partial charge is 0.397 e. The van der Waals surface area contributed by atoms with Crippen LogP contribution in [0.3, 0.4) is 0 Å². The van der Waals surface area contributed by atoms with Gasteiger partial charge in [-0.2, -0.15) is 4.31 Å². The fraction of sp³-hybridized carbons (Fsp3) is 0.500. The molecule has 1 aliphatic rings. The highest BCUT2D eigenvalue weighted by molar-refractivity contribution is 7.89. The third-order valence-electron chi connectivity index (χ3n) is 3.21. The molecule has 1 aromatic carbocycles. The smallest absolute Gasteiger partial charge is 0.271 e. The second-order valence-corrected chi connectivity index (χ2v) is 6.96. The van der Waals surface area contributed by atoms with Gasteiger partial charge in [-0.05, 0) is 19.9 Å². The maximum atomic E-state index is 12.6. The molecule has 0 unspecified atom stereocenters. The third kappa shape index (κ3) is 3.14. The van der Waals surface area contributed by atoms with Gasteiger partial charge in [0.1, 0.15) is 4.90 Å². The first-order chi connectivity index (χ1) is 9.71. The molecule has 0 amide bonds. The molecule has 0 bridgehead atoms. The number of morpholine rings is 1. The minimum Gasteiger partial charge on any atom is -0.397 e. The average molecular weight is 315 g/mol. The number of nitrogens with zero attached hydrogens (tertiary/aromatic N) is 2. The average Bonchev–Trinajstić information content (AvgIpc) is 2.36. The standard InChI is InChI=1S/C12H17N3O5S/c1-8-6-14(7-9(2)20-8)21(18,19)12-4-3-10(15(16)17)5-11(12)13/h3-5,8-9H,6-7,13H2,1-2H3/t8-,9+. The van der Waals surface area contributed by atoms with Crippen LogP contribution in [0.25, 0.3) is 0 Å². The highest BCUT2D eigenvalue weighted by Gasteiger charge is 2.33. The van der Waals surface area contributed by atoms with E-state index in [2.05, 4.69) is 0 Å². The molecule has 1 saturated heterocycles. The van der Waals surface area contributed by atoms with Crippen LogP contribution >= 0.6 is 0 Å². The molecule has 8 nitrogen and oxygen atoms in total. The van der Waals surface area contributed by atoms with Gasteiger partial charge in [-0.25, -0.2) is 8.42 Å². The maximum absolute atomic E-state index is 12.6. The van der Waals surface area contributed by atoms with E-state index >= 15 is 0 Å². The molecule has 21 heavy (non-hydrogen) atoms. The summed E-state index contributed by atoms with van der Waals surface area (Å²) in [7, 11) is -3.80. The van der Waals surface area contributed by atoms with E-state index in [4.69, 9.17) is 10.5 Å². The molecular weight excluding hydrogens is 298 g/mol. The molecule has 0 radical (unpaired) electrons. The molecule has 1 aromatic rings. The van der Waals surface area contributed by atoms with Crippen molar-refractivity contribution in [2.45, 2.75) is 31.0 Å². The van der Waals surface area contributed by atoms with Crippen LogP contribution in [0.5, 0.6) is 0 Å². The highest BCUT2D eigenvalue weighted by Crippen LogP contribution is 2.28. The van der Waals surface area contributed by atoms with Gasteiger partial charge in [0.15, 0.2) is 0 Å². The lowest BCUT2D eigenvalue weighted by Gasteiger charge is -2.34. The van der Waals surface area contributed by atoms with Gasteiger partial charge in [0, 0.05) is 25.2 Å². The molecule has 116 valence electrons. The topological polar surface area (TPSA) is 116 Å². The van der Waals surface area contributed by atoms with Gasteiger partial charge in [0.25, 0.3) is 5.69 Å². The number of rotatable bonds is 3. The lowest BCUT2D eigenvalue weighted by atomic mass is 10.3. The number of nitrogen functional groups attached to an aromatic ring is 1. The number of nitrogens with two attached hydrogens (primary N) is 1. The second-order valence-electron chi connectivity index (χ2n) is 5.06. The summed E-state index contributed by atoms with van der Waals surface area (Å²) in [6, 6.07) is 3.37. The Morgan fingerprint density at radius 3 is 2.38 bits per heavy atom. The van der Waals surface area contributed by atoms with Gasteiger partial charge < -0.3 is 10.5 Å². The molecule has 2 rings (SSSR count). The number of nitro groups is 1. The van der Waals surface area contributed by atoms with Crippen molar-refractivity contribution >= 4 is 21.4 Å². The highest BCUT2D eigenvalue weighted by atomic mass is 32.2. The van der Waals surface area contributed by atoms with Gasteiger partial charge in [0.05, 0.1) is 22.8 Å². The van der Waals surface area contributed by atoms with Crippen LogP contribution in [0.4, 0.5) is 11.4 Å². The Hall–Kier alpha value is -1.71. The summed E-state index contributed by atoms with van der Waals surface area (Å²) in [6.45, 7) is 4.03. The molecule has 9 heteroatoms. The van der Waals surface area contributed by atoms with E-state index in [9.17, 15) is 18.5 Å². The summed E-state index contributed by atoms with van der Waals surface area (Å²) in [5.74, 6) is 0. The van der Waals surface area contributed by atoms with Crippen molar-refractivity contribution in [2.75, 3.05) is 18.8 Å². The zero-order valence-electron chi connectivity index (χ0n) is 11.7. The summed E-state index contributed by atoms with van der Waals surface area (Å²) in [6.07, 6.45) is -0.439. The van der Waals surface area contributed by atoms with E-state index in [-0.39, 0.29) is 41.6 Å². The van der Waals surface area contributed by atoms with Crippen molar-refractivity contribution < 1.29 is 18.1 Å². The number of non-ortho nitro benzene ring substituents is 1. The third-order valence-corrected chi connectivity index (χ3v) is 5.11. The zero-order valence-corrected chi connectivity index (χ0v) is 12.5. The van der Waals surface area contributed by atoms with E-state index in [0.29, 0.717) is 0 Å². The minimum absolute atomic E-state index is 0.116. The van der Waals surface area contributed by atoms with E-state index in [0.717, 1.165) is 12.1 Å². The summed E-state index contributed by atoms with van der Waals surface area (Å²) in [5.41, 5.74) is 5.31. The predicted molar refractivity (Wildman–Crippen MR) is 76.3 cm³/mol. The second kappa shape index (κ2) is 5.58. The van der Waals surface area contributed by atoms with Gasteiger partial charge >= 0.3 is 0 Å². The molecule has 1 heterocycles. The molecule has 1 fully saturated rings. The molecule has 2 N–H and O–H groups in total. The number of sulfonamides is 1. The number of benzene rings is 1. The van der Waals surface area contributed by atoms with Crippen molar-refractivity contribution in [1.29, 1.82) is 0 Å². The van der Waals surface area contributed by atoms with Crippen LogP contribution in [-0.4, -0.2) is 42.9 Å². The van der Waals surface area contributed by atoms with Crippen molar-refractivity contribution in [1.82, 2.24) is 4.31 Å². The van der Waals surface area contributed by atoms with E-state index in [1.54, 1.807) is 13.8 Å². The van der Waals surface area contributed by atoms with Crippen molar-refractivity contribution in [3.05, 3.63) is 28.3 Å². The van der Waals surface area contributed by atoms with Gasteiger partial charge in [0.2, 0.25) is 10.0 Å². The fourth-order valence-electron chi connectivity index (χ4n) is 2.35. The van der Waals surface area contributed by atoms with Gasteiger partial charge in [-0.15, -0.1) is 0 Å². The maximum Gasteiger partial charge on any atom is 0.271 e. The Morgan fingerprint density at radius 2 is 1.90 bits per heavy atom. The number of anilines is 1. The van der Waals surface area contributed by atoms with E-state index in [1.807, 2.05) is 0 Å². The van der Waals surface area contributed by atoms with Gasteiger partial charge in [-0.3, -0.25) is 10.1 Å². The first-order valence-corrected chi connectivity index (χ1v) is 7.85. The van der Waals surface area contributed by atoms with Gasteiger partial charge in [-0.1, -0.05) is 0 Å². The quantitative estimate of drug-likeness (QED) is 0.505. The Bertz CT molecular complexity index is 651. The predicted octanol–water partition coefficient (Wildman–Crippen LogP) is 0.975. The van der Waals surface area contributed by atoms with Crippen LogP contribution in [0.2, 0.25) is 0 Å². The molecule has 0 spiro atoms. The number of hydrogen-bond donors (Lipinski definition) is 1. The Morgan fingerprint density at radius 1 is 1.33 bits per heavy atom. The number of ether oxygens (including phenoxy) is 1. The zero-order chi connectivity index (χ0) is 15.8. The summed E-state index contributed by atoms with van der Waals surface area (Å²) in [4.78, 5) is 9.94. The van der Waals surface area contributed by atoms with E-state index in [1.165, 1.54) is 10.4 Å². The minimum atomic E-state index is -3.80. The molecular formula is C12H17N3O5S. The molecule has 2 atom stereocenters. The lowest BCUT2D eigenvalue weighted by molar-refractivity contribution is -0.384. The fourth-order valence-corrected chi connectivity index (χ4v) is 4.04. The summed E-state index contributed by atoms with van der Waals surface area (Å²) < 4.78 is 32.0. The summed E-state index contributed by atoms with van der Waals surface area (Å²) >= 11 is 0. The normalized spacial score (nSPS) is 23.9. The van der Waals surface area contributed by atoms with Crippen molar-refractivity contribution in [3.63, 3.8) is 0 Å². The Labute approximate surface area is 122 Å². The molecule has 1 aliphatic heterocycles. The van der Waals surface area contributed by atoms with Crippen LogP contribution in [0.1, 0.15) is 13.8 Å². The first-order valence-electron chi connectivity index (χ1n) is 6.41. The van der Waals surface area contributed by atoms with Crippen LogP contribution in [0.15, 0.2) is 23.1 Å². The monoisotopic (exact) mass is 315 g/mol. The van der Waals surface area contributed by atoms with E-state index < -0.39 is 14.9 Å². The molecule has 0 aromatic heterocycles. The molecule has 0 saturated carbocycles. The van der Waals surface area contributed by atoms with Crippen LogP contribution in [-0.2, 0) is 14.8 Å². The molecule has 0 aliphatic carbocycles.